The van der Waals surface area contributed by atoms with Crippen LogP contribution in [0.15, 0.2) is 12.4 Å². The Morgan fingerprint density at radius 1 is 1.46 bits per heavy atom. The molecule has 0 atom stereocenters. The van der Waals surface area contributed by atoms with Crippen LogP contribution in [0.2, 0.25) is 0 Å². The van der Waals surface area contributed by atoms with Crippen LogP contribution >= 0.6 is 0 Å². The Morgan fingerprint density at radius 3 is 2.54 bits per heavy atom. The molecule has 64 valence electrons. The zero-order chi connectivity index (χ0) is 9.68. The van der Waals surface area contributed by atoms with Gasteiger partial charge in [-0.2, -0.15) is 0 Å². The summed E-state index contributed by atoms with van der Waals surface area (Å²) in [6.07, 6.45) is 2.92. The van der Waals surface area contributed by atoms with Crippen LogP contribution in [-0.2, 0) is 4.79 Å². The zero-order valence-electron chi connectivity index (χ0n) is 6.39. The molecular weight excluding hydrogens is 172 g/mol. The van der Waals surface area contributed by atoms with E-state index in [1.165, 1.54) is 12.4 Å². The Bertz CT molecular complexity index is 386. The van der Waals surface area contributed by atoms with Crippen molar-refractivity contribution < 1.29 is 14.7 Å². The van der Waals surface area contributed by atoms with Gasteiger partial charge in [0.15, 0.2) is 6.29 Å². The molecule has 0 saturated heterocycles. The monoisotopic (exact) mass is 176 g/mol. The van der Waals surface area contributed by atoms with Crippen molar-refractivity contribution in [2.45, 2.75) is 0 Å². The molecule has 5 heteroatoms. The highest BCUT2D eigenvalue weighted by Crippen LogP contribution is 1.93. The first-order valence-electron chi connectivity index (χ1n) is 3.24. The van der Waals surface area contributed by atoms with Crippen molar-refractivity contribution in [1.82, 2.24) is 9.97 Å². The van der Waals surface area contributed by atoms with Crippen molar-refractivity contribution in [3.8, 4) is 11.8 Å². The van der Waals surface area contributed by atoms with Gasteiger partial charge in [-0.15, -0.1) is 0 Å². The largest absolute Gasteiger partial charge is 0.475 e. The number of rotatable bonds is 1. The standard InChI is InChI=1S/C8H4N2O3/c11-3-1-2-6-4-9-7(8(12)13)10-5-6/h3-5H,(H,12,13). The van der Waals surface area contributed by atoms with Gasteiger partial charge in [0.1, 0.15) is 0 Å². The third kappa shape index (κ3) is 2.38. The molecule has 0 aromatic carbocycles. The number of carbonyl (C=O) groups excluding carboxylic acids is 1. The minimum Gasteiger partial charge on any atom is -0.475 e. The highest BCUT2D eigenvalue weighted by Gasteiger charge is 2.03. The highest BCUT2D eigenvalue weighted by molar-refractivity contribution is 5.83. The summed E-state index contributed by atoms with van der Waals surface area (Å²) in [6.45, 7) is 0. The first kappa shape index (κ1) is 8.87. The lowest BCUT2D eigenvalue weighted by Crippen LogP contribution is -2.03. The van der Waals surface area contributed by atoms with Gasteiger partial charge >= 0.3 is 5.97 Å². The molecule has 0 aliphatic carbocycles. The Kier molecular flexibility index (Phi) is 2.71. The summed E-state index contributed by atoms with van der Waals surface area (Å²) in [7, 11) is 0. The summed E-state index contributed by atoms with van der Waals surface area (Å²) in [5.41, 5.74) is 0.400. The molecule has 1 aromatic heterocycles. The third-order valence-corrected chi connectivity index (χ3v) is 1.12. The molecule has 13 heavy (non-hydrogen) atoms. The van der Waals surface area contributed by atoms with Crippen LogP contribution in [0.25, 0.3) is 0 Å². The fraction of sp³-hybridized carbons (Fsp3) is 0. The molecule has 1 aromatic rings. The maximum atomic E-state index is 10.3. The number of aromatic nitrogens is 2. The van der Waals surface area contributed by atoms with Gasteiger partial charge in [-0.1, -0.05) is 5.92 Å². The SMILES string of the molecule is O=CC#Cc1cnc(C(=O)O)nc1. The predicted molar refractivity (Wildman–Crippen MR) is 41.9 cm³/mol. The fourth-order valence-corrected chi connectivity index (χ4v) is 0.616. The van der Waals surface area contributed by atoms with Crippen LogP contribution in [0.1, 0.15) is 16.2 Å². The van der Waals surface area contributed by atoms with E-state index in [-0.39, 0.29) is 5.82 Å². The lowest BCUT2D eigenvalue weighted by atomic mass is 10.3. The van der Waals surface area contributed by atoms with E-state index < -0.39 is 5.97 Å². The summed E-state index contributed by atoms with van der Waals surface area (Å²) >= 11 is 0. The number of aldehydes is 1. The van der Waals surface area contributed by atoms with Crippen molar-refractivity contribution in [3.63, 3.8) is 0 Å². The minimum absolute atomic E-state index is 0.295. The van der Waals surface area contributed by atoms with E-state index in [9.17, 15) is 9.59 Å². The van der Waals surface area contributed by atoms with Crippen LogP contribution in [0.5, 0.6) is 0 Å². The van der Waals surface area contributed by atoms with Crippen molar-refractivity contribution in [1.29, 1.82) is 0 Å². The molecule has 1 heterocycles. The van der Waals surface area contributed by atoms with Crippen LogP contribution in [0.4, 0.5) is 0 Å². The molecule has 0 saturated carbocycles. The van der Waals surface area contributed by atoms with E-state index in [4.69, 9.17) is 5.11 Å². The summed E-state index contributed by atoms with van der Waals surface area (Å²) in [5, 5.41) is 8.43. The molecule has 0 aliphatic heterocycles. The Morgan fingerprint density at radius 2 is 2.08 bits per heavy atom. The second kappa shape index (κ2) is 3.97. The predicted octanol–water partition coefficient (Wildman–Crippen LogP) is -0.275. The fourth-order valence-electron chi connectivity index (χ4n) is 0.616. The number of carboxylic acid groups (broad SMARTS) is 1. The molecule has 0 aliphatic rings. The van der Waals surface area contributed by atoms with E-state index in [2.05, 4.69) is 21.8 Å². The number of hydrogen-bond acceptors (Lipinski definition) is 4. The number of carbonyl (C=O) groups is 2. The van der Waals surface area contributed by atoms with E-state index >= 15 is 0 Å². The van der Waals surface area contributed by atoms with E-state index in [1.807, 2.05) is 0 Å². The maximum Gasteiger partial charge on any atom is 0.373 e. The van der Waals surface area contributed by atoms with Gasteiger partial charge in [-0.25, -0.2) is 14.8 Å². The molecular formula is C8H4N2O3. The molecule has 0 radical (unpaired) electrons. The molecule has 0 fully saturated rings. The first-order valence-corrected chi connectivity index (χ1v) is 3.24. The Balaban J connectivity index is 2.93. The molecule has 0 bridgehead atoms. The van der Waals surface area contributed by atoms with Crippen molar-refractivity contribution >= 4 is 12.3 Å². The van der Waals surface area contributed by atoms with E-state index in [0.29, 0.717) is 11.8 Å². The van der Waals surface area contributed by atoms with Crippen LogP contribution in [0.3, 0.4) is 0 Å². The molecule has 5 nitrogen and oxygen atoms in total. The van der Waals surface area contributed by atoms with E-state index in [0.717, 1.165) is 0 Å². The molecule has 1 rings (SSSR count). The lowest BCUT2D eigenvalue weighted by molar-refractivity contribution is -0.103. The topological polar surface area (TPSA) is 80.2 Å². The first-order chi connectivity index (χ1) is 6.24. The van der Waals surface area contributed by atoms with Crippen LogP contribution in [-0.4, -0.2) is 27.3 Å². The quantitative estimate of drug-likeness (QED) is 0.470. The average molecular weight is 176 g/mol. The summed E-state index contributed by atoms with van der Waals surface area (Å²) in [5.74, 6) is 3.09. The number of nitrogens with zero attached hydrogens (tertiary/aromatic N) is 2. The van der Waals surface area contributed by atoms with Crippen molar-refractivity contribution in [2.24, 2.45) is 0 Å². The lowest BCUT2D eigenvalue weighted by Gasteiger charge is -1.90. The van der Waals surface area contributed by atoms with Gasteiger partial charge in [0.25, 0.3) is 0 Å². The van der Waals surface area contributed by atoms with Gasteiger partial charge in [0.05, 0.1) is 5.56 Å². The summed E-state index contributed by atoms with van der Waals surface area (Å²) in [4.78, 5) is 27.2. The average Bonchev–Trinajstić information content (AvgIpc) is 2.15. The van der Waals surface area contributed by atoms with Gasteiger partial charge < -0.3 is 5.11 Å². The number of aromatic carboxylic acids is 1. The summed E-state index contributed by atoms with van der Waals surface area (Å²) < 4.78 is 0. The second-order valence-corrected chi connectivity index (χ2v) is 1.99. The van der Waals surface area contributed by atoms with Gasteiger partial charge in [-0.3, -0.25) is 4.79 Å². The molecule has 0 unspecified atom stereocenters. The molecule has 1 N–H and O–H groups in total. The third-order valence-electron chi connectivity index (χ3n) is 1.12. The van der Waals surface area contributed by atoms with Crippen LogP contribution in [0, 0.1) is 11.8 Å². The smallest absolute Gasteiger partial charge is 0.373 e. The van der Waals surface area contributed by atoms with Crippen molar-refractivity contribution in [3.05, 3.63) is 23.8 Å². The zero-order valence-corrected chi connectivity index (χ0v) is 6.39. The van der Waals surface area contributed by atoms with Gasteiger partial charge in [-0.05, 0) is 5.92 Å². The van der Waals surface area contributed by atoms with Crippen molar-refractivity contribution in [2.75, 3.05) is 0 Å². The highest BCUT2D eigenvalue weighted by atomic mass is 16.4. The molecule has 0 spiro atoms. The minimum atomic E-state index is -1.20. The Labute approximate surface area is 73.4 Å². The number of hydrogen-bond donors (Lipinski definition) is 1. The number of carboxylic acids is 1. The van der Waals surface area contributed by atoms with Gasteiger partial charge in [0.2, 0.25) is 5.82 Å². The normalized spacial score (nSPS) is 8.31. The second-order valence-electron chi connectivity index (χ2n) is 1.99. The molecule has 0 amide bonds. The Hall–Kier alpha value is -2.22. The maximum absolute atomic E-state index is 10.3. The van der Waals surface area contributed by atoms with E-state index in [1.54, 1.807) is 0 Å². The van der Waals surface area contributed by atoms with Gasteiger partial charge in [0, 0.05) is 12.4 Å². The summed E-state index contributed by atoms with van der Waals surface area (Å²) in [6, 6.07) is 0. The van der Waals surface area contributed by atoms with Crippen LogP contribution < -0.4 is 0 Å².